The van der Waals surface area contributed by atoms with E-state index in [1.807, 2.05) is 30.3 Å². The molecule has 3 aromatic heterocycles. The zero-order valence-electron chi connectivity index (χ0n) is 16.7. The Hall–Kier alpha value is -2.12. The number of rotatable bonds is 5. The van der Waals surface area contributed by atoms with E-state index in [-0.39, 0.29) is 5.56 Å². The minimum Gasteiger partial charge on any atom is -0.268 e. The Balaban J connectivity index is 1.87. The first kappa shape index (κ1) is 18.9. The lowest BCUT2D eigenvalue weighted by Gasteiger charge is -2.18. The largest absolute Gasteiger partial charge is 0.268 e. The molecule has 0 fully saturated rings. The topological polar surface area (TPSA) is 52.2 Å². The lowest BCUT2D eigenvalue weighted by Crippen LogP contribution is -2.22. The average Bonchev–Trinajstić information content (AvgIpc) is 3.32. The molecule has 4 aromatic rings. The number of hydrogen-bond donors (Lipinski definition) is 0. The quantitative estimate of drug-likeness (QED) is 0.317. The summed E-state index contributed by atoms with van der Waals surface area (Å²) >= 11 is 3.50. The molecule has 5 rings (SSSR count). The number of nitrogens with zero attached hydrogens (tertiary/aromatic N) is 4. The lowest BCUT2D eigenvalue weighted by molar-refractivity contribution is 0.601. The highest BCUT2D eigenvalue weighted by molar-refractivity contribution is 7.99. The molecule has 3 heterocycles. The van der Waals surface area contributed by atoms with Gasteiger partial charge in [-0.15, -0.1) is 21.5 Å². The molecule has 150 valence electrons. The second-order valence-corrected chi connectivity index (χ2v) is 9.85. The van der Waals surface area contributed by atoms with Crippen LogP contribution in [0.2, 0.25) is 0 Å². The third-order valence-corrected chi connectivity index (χ3v) is 7.98. The fraction of sp³-hybridized carbons (Fsp3) is 0.409. The van der Waals surface area contributed by atoms with Crippen LogP contribution >= 0.6 is 23.1 Å². The molecule has 1 aliphatic carbocycles. The first-order valence-corrected chi connectivity index (χ1v) is 12.1. The number of aryl methyl sites for hydroxylation is 1. The highest BCUT2D eigenvalue weighted by atomic mass is 32.2. The molecule has 29 heavy (non-hydrogen) atoms. The molecule has 7 heteroatoms. The molecular weight excluding hydrogens is 400 g/mol. The number of aromatic nitrogens is 4. The van der Waals surface area contributed by atoms with Crippen molar-refractivity contribution in [1.29, 1.82) is 0 Å². The van der Waals surface area contributed by atoms with Crippen LogP contribution in [-0.4, -0.2) is 24.9 Å². The zero-order chi connectivity index (χ0) is 20.0. The van der Waals surface area contributed by atoms with Gasteiger partial charge in [0, 0.05) is 10.6 Å². The minimum absolute atomic E-state index is 0.0301. The van der Waals surface area contributed by atoms with E-state index in [9.17, 15) is 4.79 Å². The maximum Gasteiger partial charge on any atom is 0.268 e. The van der Waals surface area contributed by atoms with Gasteiger partial charge in [-0.25, -0.2) is 8.97 Å². The highest BCUT2D eigenvalue weighted by Crippen LogP contribution is 2.41. The Bertz CT molecular complexity index is 1240. The highest BCUT2D eigenvalue weighted by Gasteiger charge is 2.28. The molecule has 0 spiro atoms. The SMILES string of the molecule is CCCCSc1nnc2n(-c3ccccc3)c(=O)c3c4c(sc3n12)CCC[C@@H]4C. The van der Waals surface area contributed by atoms with Crippen molar-refractivity contribution in [3.05, 3.63) is 51.1 Å². The summed E-state index contributed by atoms with van der Waals surface area (Å²) in [5, 5.41) is 10.7. The second kappa shape index (κ2) is 7.61. The molecular formula is C22H24N4OS2. The molecule has 0 radical (unpaired) electrons. The average molecular weight is 425 g/mol. The Morgan fingerprint density at radius 3 is 2.86 bits per heavy atom. The van der Waals surface area contributed by atoms with Gasteiger partial charge < -0.3 is 0 Å². The molecule has 0 unspecified atom stereocenters. The first-order valence-electron chi connectivity index (χ1n) is 10.3. The third-order valence-electron chi connectivity index (χ3n) is 5.72. The van der Waals surface area contributed by atoms with E-state index >= 15 is 0 Å². The number of fused-ring (bicyclic) bond motifs is 5. The number of hydrogen-bond acceptors (Lipinski definition) is 5. The van der Waals surface area contributed by atoms with Gasteiger partial charge in [0.25, 0.3) is 5.56 Å². The smallest absolute Gasteiger partial charge is 0.268 e. The van der Waals surface area contributed by atoms with Crippen molar-refractivity contribution in [2.75, 3.05) is 5.75 Å². The van der Waals surface area contributed by atoms with Crippen molar-refractivity contribution < 1.29 is 0 Å². The molecule has 0 saturated heterocycles. The third kappa shape index (κ3) is 3.02. The predicted molar refractivity (Wildman–Crippen MR) is 121 cm³/mol. The van der Waals surface area contributed by atoms with Gasteiger partial charge in [0.15, 0.2) is 5.16 Å². The van der Waals surface area contributed by atoms with Crippen molar-refractivity contribution in [3.63, 3.8) is 0 Å². The monoisotopic (exact) mass is 424 g/mol. The summed E-state index contributed by atoms with van der Waals surface area (Å²) in [5.74, 6) is 2.03. The maximum atomic E-state index is 13.8. The van der Waals surface area contributed by atoms with Crippen LogP contribution in [0.25, 0.3) is 21.7 Å². The molecule has 1 aliphatic rings. The van der Waals surface area contributed by atoms with E-state index in [0.717, 1.165) is 52.5 Å². The van der Waals surface area contributed by atoms with E-state index < -0.39 is 0 Å². The van der Waals surface area contributed by atoms with E-state index in [2.05, 4.69) is 28.4 Å². The second-order valence-electron chi connectivity index (χ2n) is 7.71. The van der Waals surface area contributed by atoms with Gasteiger partial charge in [-0.05, 0) is 49.3 Å². The van der Waals surface area contributed by atoms with Crippen LogP contribution in [0, 0.1) is 0 Å². The molecule has 0 aliphatic heterocycles. The van der Waals surface area contributed by atoms with Crippen molar-refractivity contribution >= 4 is 39.1 Å². The van der Waals surface area contributed by atoms with Gasteiger partial charge in [-0.2, -0.15) is 0 Å². The van der Waals surface area contributed by atoms with Gasteiger partial charge in [-0.1, -0.05) is 50.2 Å². The Morgan fingerprint density at radius 2 is 2.07 bits per heavy atom. The zero-order valence-corrected chi connectivity index (χ0v) is 18.4. The molecule has 1 aromatic carbocycles. The van der Waals surface area contributed by atoms with Gasteiger partial charge >= 0.3 is 0 Å². The van der Waals surface area contributed by atoms with E-state index in [0.29, 0.717) is 11.7 Å². The number of para-hydroxylation sites is 1. The van der Waals surface area contributed by atoms with E-state index in [4.69, 9.17) is 0 Å². The normalized spacial score (nSPS) is 16.6. The molecule has 5 nitrogen and oxygen atoms in total. The van der Waals surface area contributed by atoms with Crippen LogP contribution in [0.1, 0.15) is 55.9 Å². The van der Waals surface area contributed by atoms with Crippen LogP contribution < -0.4 is 5.56 Å². The van der Waals surface area contributed by atoms with Crippen LogP contribution in [0.4, 0.5) is 0 Å². The molecule has 0 N–H and O–H groups in total. The number of thioether (sulfide) groups is 1. The van der Waals surface area contributed by atoms with Crippen molar-refractivity contribution in [3.8, 4) is 5.69 Å². The fourth-order valence-electron chi connectivity index (χ4n) is 4.26. The summed E-state index contributed by atoms with van der Waals surface area (Å²) < 4.78 is 3.87. The predicted octanol–water partition coefficient (Wildman–Crippen LogP) is 5.43. The summed E-state index contributed by atoms with van der Waals surface area (Å²) in [6.07, 6.45) is 5.68. The first-order chi connectivity index (χ1) is 14.2. The Kier molecular flexibility index (Phi) is 4.95. The van der Waals surface area contributed by atoms with Gasteiger partial charge in [-0.3, -0.25) is 4.79 Å². The number of thiophene rings is 1. The number of benzene rings is 1. The molecule has 0 saturated carbocycles. The van der Waals surface area contributed by atoms with Crippen LogP contribution in [0.15, 0.2) is 40.3 Å². The van der Waals surface area contributed by atoms with Gasteiger partial charge in [0.05, 0.1) is 11.1 Å². The summed E-state index contributed by atoms with van der Waals surface area (Å²) in [7, 11) is 0. The summed E-state index contributed by atoms with van der Waals surface area (Å²) in [6, 6.07) is 9.82. The minimum atomic E-state index is 0.0301. The standard InChI is InChI=1S/C22H24N4OS2/c1-3-4-13-28-22-24-23-21-25(15-10-6-5-7-11-15)19(27)18-17-14(2)9-8-12-16(17)29-20(18)26(21)22/h5-7,10-11,14H,3-4,8-9,12-13H2,1-2H3/t14-/m0/s1. The Morgan fingerprint density at radius 1 is 1.24 bits per heavy atom. The van der Waals surface area contributed by atoms with Crippen LogP contribution in [0.5, 0.6) is 0 Å². The molecule has 1 atom stereocenters. The molecule has 0 amide bonds. The Labute approximate surface area is 177 Å². The van der Waals surface area contributed by atoms with Crippen molar-refractivity contribution in [1.82, 2.24) is 19.2 Å². The van der Waals surface area contributed by atoms with Gasteiger partial charge in [0.1, 0.15) is 4.83 Å². The maximum absolute atomic E-state index is 13.8. The van der Waals surface area contributed by atoms with Crippen LogP contribution in [0.3, 0.4) is 0 Å². The van der Waals surface area contributed by atoms with Gasteiger partial charge in [0.2, 0.25) is 5.78 Å². The van der Waals surface area contributed by atoms with Crippen molar-refractivity contribution in [2.24, 2.45) is 0 Å². The van der Waals surface area contributed by atoms with E-state index in [1.54, 1.807) is 27.7 Å². The summed E-state index contributed by atoms with van der Waals surface area (Å²) in [5.41, 5.74) is 2.12. The van der Waals surface area contributed by atoms with Crippen LogP contribution in [-0.2, 0) is 6.42 Å². The molecule has 0 bridgehead atoms. The fourth-order valence-corrected chi connectivity index (χ4v) is 6.79. The van der Waals surface area contributed by atoms with E-state index in [1.165, 1.54) is 16.9 Å². The van der Waals surface area contributed by atoms with Crippen molar-refractivity contribution in [2.45, 2.75) is 57.0 Å². The summed E-state index contributed by atoms with van der Waals surface area (Å²) in [4.78, 5) is 16.1. The summed E-state index contributed by atoms with van der Waals surface area (Å²) in [6.45, 7) is 4.45. The number of unbranched alkanes of at least 4 members (excludes halogenated alkanes) is 1. The lowest BCUT2D eigenvalue weighted by atomic mass is 9.88.